The number of aromatic nitrogens is 2. The van der Waals surface area contributed by atoms with Crippen LogP contribution in [-0.2, 0) is 4.74 Å². The van der Waals surface area contributed by atoms with E-state index >= 15 is 0 Å². The molecular formula is C16H25N3O2. The van der Waals surface area contributed by atoms with E-state index in [1.165, 1.54) is 19.3 Å². The van der Waals surface area contributed by atoms with Gasteiger partial charge in [0.1, 0.15) is 0 Å². The van der Waals surface area contributed by atoms with Crippen LogP contribution in [0.25, 0.3) is 0 Å². The summed E-state index contributed by atoms with van der Waals surface area (Å²) in [6.45, 7) is 4.57. The van der Waals surface area contributed by atoms with Crippen molar-refractivity contribution in [3.8, 4) is 0 Å². The molecule has 1 N–H and O–H groups in total. The third kappa shape index (κ3) is 3.92. The van der Waals surface area contributed by atoms with E-state index in [4.69, 9.17) is 9.26 Å². The second-order valence-electron chi connectivity index (χ2n) is 6.17. The normalized spacial score (nSPS) is 25.1. The van der Waals surface area contributed by atoms with Crippen LogP contribution < -0.4 is 5.32 Å². The molecule has 5 nitrogen and oxygen atoms in total. The predicted octanol–water partition coefficient (Wildman–Crippen LogP) is 2.79. The summed E-state index contributed by atoms with van der Waals surface area (Å²) in [5.41, 5.74) is 0. The molecule has 2 aliphatic rings. The first-order valence-electron chi connectivity index (χ1n) is 8.09. The Labute approximate surface area is 126 Å². The molecule has 1 aromatic rings. The van der Waals surface area contributed by atoms with Crippen LogP contribution in [0.3, 0.4) is 0 Å². The Hall–Kier alpha value is -1.20. The molecule has 0 amide bonds. The van der Waals surface area contributed by atoms with Gasteiger partial charge in [-0.25, -0.2) is 0 Å². The maximum Gasteiger partial charge on any atom is 0.244 e. The highest BCUT2D eigenvalue weighted by Gasteiger charge is 2.30. The molecule has 116 valence electrons. The van der Waals surface area contributed by atoms with E-state index in [1.807, 2.05) is 6.92 Å². The fraction of sp³-hybridized carbons (Fsp3) is 0.750. The van der Waals surface area contributed by atoms with Gasteiger partial charge in [-0.3, -0.25) is 0 Å². The van der Waals surface area contributed by atoms with Gasteiger partial charge in [-0.15, -0.1) is 0 Å². The lowest BCUT2D eigenvalue weighted by molar-refractivity contribution is 0.0481. The molecule has 1 aliphatic carbocycles. The highest BCUT2D eigenvalue weighted by molar-refractivity contribution is 4.97. The molecule has 2 atom stereocenters. The number of nitrogens with one attached hydrogen (secondary N) is 1. The van der Waals surface area contributed by atoms with Crippen molar-refractivity contribution in [2.45, 2.75) is 45.1 Å². The number of allylic oxidation sites excluding steroid dienone is 2. The van der Waals surface area contributed by atoms with Gasteiger partial charge in [-0.2, -0.15) is 4.98 Å². The molecule has 0 saturated carbocycles. The summed E-state index contributed by atoms with van der Waals surface area (Å²) >= 11 is 0. The van der Waals surface area contributed by atoms with Crippen molar-refractivity contribution in [3.63, 3.8) is 0 Å². The number of ether oxygens (including phenoxy) is 1. The average Bonchev–Trinajstić information content (AvgIpc) is 2.96. The summed E-state index contributed by atoms with van der Waals surface area (Å²) in [7, 11) is 0. The summed E-state index contributed by atoms with van der Waals surface area (Å²) in [4.78, 5) is 4.45. The van der Waals surface area contributed by atoms with Crippen molar-refractivity contribution >= 4 is 0 Å². The van der Waals surface area contributed by atoms with E-state index in [-0.39, 0.29) is 6.04 Å². The number of rotatable bonds is 5. The molecule has 1 fully saturated rings. The second-order valence-corrected chi connectivity index (χ2v) is 6.17. The minimum absolute atomic E-state index is 0.168. The maximum atomic E-state index is 5.48. The number of hydrogen-bond acceptors (Lipinski definition) is 5. The third-order valence-corrected chi connectivity index (χ3v) is 4.55. The van der Waals surface area contributed by atoms with E-state index in [1.54, 1.807) is 0 Å². The van der Waals surface area contributed by atoms with Gasteiger partial charge in [0.25, 0.3) is 0 Å². The smallest absolute Gasteiger partial charge is 0.244 e. The van der Waals surface area contributed by atoms with Crippen molar-refractivity contribution in [1.82, 2.24) is 15.5 Å². The van der Waals surface area contributed by atoms with Crippen molar-refractivity contribution in [2.24, 2.45) is 11.8 Å². The molecule has 1 aliphatic heterocycles. The van der Waals surface area contributed by atoms with E-state index in [9.17, 15) is 0 Å². The lowest BCUT2D eigenvalue weighted by Gasteiger charge is -2.30. The fourth-order valence-electron chi connectivity index (χ4n) is 3.28. The van der Waals surface area contributed by atoms with E-state index < -0.39 is 0 Å². The van der Waals surface area contributed by atoms with Crippen molar-refractivity contribution in [3.05, 3.63) is 23.9 Å². The largest absolute Gasteiger partial charge is 0.381 e. The summed E-state index contributed by atoms with van der Waals surface area (Å²) in [5, 5.41) is 7.66. The minimum Gasteiger partial charge on any atom is -0.381 e. The summed E-state index contributed by atoms with van der Waals surface area (Å²) in [6.07, 6.45) is 10.4. The Morgan fingerprint density at radius 1 is 1.29 bits per heavy atom. The lowest BCUT2D eigenvalue weighted by Crippen LogP contribution is -2.35. The van der Waals surface area contributed by atoms with Crippen LogP contribution in [0.4, 0.5) is 0 Å². The van der Waals surface area contributed by atoms with Crippen molar-refractivity contribution in [1.29, 1.82) is 0 Å². The molecule has 0 radical (unpaired) electrons. The highest BCUT2D eigenvalue weighted by atomic mass is 16.5. The van der Waals surface area contributed by atoms with Crippen LogP contribution in [0.5, 0.6) is 0 Å². The van der Waals surface area contributed by atoms with Crippen LogP contribution >= 0.6 is 0 Å². The molecule has 5 heteroatoms. The van der Waals surface area contributed by atoms with Gasteiger partial charge in [0, 0.05) is 13.2 Å². The number of nitrogens with zero attached hydrogens (tertiary/aromatic N) is 2. The molecule has 0 unspecified atom stereocenters. The lowest BCUT2D eigenvalue weighted by atomic mass is 9.89. The topological polar surface area (TPSA) is 60.2 Å². The zero-order valence-corrected chi connectivity index (χ0v) is 12.8. The SMILES string of the molecule is Cc1noc([C@@H](NC[C@@H]2CC=CCC2)C2CCOCC2)n1. The standard InChI is InChI=1S/C16H25N3O2/c1-12-18-16(21-19-12)15(14-7-9-20-10-8-14)17-11-13-5-3-2-4-6-13/h2-3,13-15,17H,4-11H2,1H3/t13-,15+/m1/s1. The Morgan fingerprint density at radius 2 is 2.14 bits per heavy atom. The molecule has 3 rings (SSSR count). The first-order chi connectivity index (χ1) is 10.3. The van der Waals surface area contributed by atoms with Crippen LogP contribution in [0, 0.1) is 18.8 Å². The zero-order valence-electron chi connectivity index (χ0n) is 12.8. The predicted molar refractivity (Wildman–Crippen MR) is 79.8 cm³/mol. The molecule has 0 spiro atoms. The second kappa shape index (κ2) is 7.18. The van der Waals surface area contributed by atoms with Gasteiger partial charge < -0.3 is 14.6 Å². The molecule has 2 heterocycles. The zero-order chi connectivity index (χ0) is 14.5. The Kier molecular flexibility index (Phi) is 5.04. The van der Waals surface area contributed by atoms with Crippen LogP contribution in [0.2, 0.25) is 0 Å². The minimum atomic E-state index is 0.168. The summed E-state index contributed by atoms with van der Waals surface area (Å²) in [5.74, 6) is 2.70. The van der Waals surface area contributed by atoms with Crippen molar-refractivity contribution in [2.75, 3.05) is 19.8 Å². The number of aryl methyl sites for hydroxylation is 1. The molecule has 0 bridgehead atoms. The molecular weight excluding hydrogens is 266 g/mol. The van der Waals surface area contributed by atoms with Crippen LogP contribution in [0.1, 0.15) is 49.9 Å². The van der Waals surface area contributed by atoms with E-state index in [2.05, 4.69) is 27.6 Å². The summed E-state index contributed by atoms with van der Waals surface area (Å²) < 4.78 is 10.9. The maximum absolute atomic E-state index is 5.48. The highest BCUT2D eigenvalue weighted by Crippen LogP contribution is 2.30. The Bertz CT molecular complexity index is 466. The van der Waals surface area contributed by atoms with E-state index in [0.29, 0.717) is 11.7 Å². The van der Waals surface area contributed by atoms with Gasteiger partial charge in [-0.05, 0) is 57.4 Å². The van der Waals surface area contributed by atoms with Crippen LogP contribution in [-0.4, -0.2) is 29.9 Å². The average molecular weight is 291 g/mol. The van der Waals surface area contributed by atoms with Crippen LogP contribution in [0.15, 0.2) is 16.7 Å². The number of hydrogen-bond donors (Lipinski definition) is 1. The Morgan fingerprint density at radius 3 is 2.81 bits per heavy atom. The van der Waals surface area contributed by atoms with Gasteiger partial charge in [-0.1, -0.05) is 17.3 Å². The quantitative estimate of drug-likeness (QED) is 0.845. The first kappa shape index (κ1) is 14.7. The molecule has 1 aromatic heterocycles. The van der Waals surface area contributed by atoms with Gasteiger partial charge in [0.15, 0.2) is 5.82 Å². The van der Waals surface area contributed by atoms with Gasteiger partial charge in [0.2, 0.25) is 5.89 Å². The monoisotopic (exact) mass is 291 g/mol. The third-order valence-electron chi connectivity index (χ3n) is 4.55. The molecule has 21 heavy (non-hydrogen) atoms. The van der Waals surface area contributed by atoms with Gasteiger partial charge >= 0.3 is 0 Å². The molecule has 1 saturated heterocycles. The first-order valence-corrected chi connectivity index (χ1v) is 8.09. The van der Waals surface area contributed by atoms with Crippen molar-refractivity contribution < 1.29 is 9.26 Å². The Balaban J connectivity index is 1.64. The summed E-state index contributed by atoms with van der Waals surface area (Å²) in [6, 6.07) is 0.168. The van der Waals surface area contributed by atoms with E-state index in [0.717, 1.165) is 44.4 Å². The van der Waals surface area contributed by atoms with Gasteiger partial charge in [0.05, 0.1) is 6.04 Å². The molecule has 0 aromatic carbocycles. The fourth-order valence-corrected chi connectivity index (χ4v) is 3.28.